The Labute approximate surface area is 176 Å². The zero-order valence-electron chi connectivity index (χ0n) is 17.3. The number of nitrogens with one attached hydrogen (secondary N) is 1. The highest BCUT2D eigenvalue weighted by Crippen LogP contribution is 2.24. The second kappa shape index (κ2) is 8.90. The number of hydrogen-bond acceptors (Lipinski definition) is 5. The number of methoxy groups -OCH3 is 2. The molecule has 0 spiro atoms. The second-order valence-electron chi connectivity index (χ2n) is 7.26. The highest BCUT2D eigenvalue weighted by Gasteiger charge is 2.22. The normalized spacial score (nSPS) is 13.9. The molecule has 1 saturated heterocycles. The van der Waals surface area contributed by atoms with Crippen molar-refractivity contribution in [2.75, 3.05) is 45.3 Å². The first kappa shape index (κ1) is 19.8. The maximum Gasteiger partial charge on any atom is 0.227 e. The number of rotatable bonds is 6. The summed E-state index contributed by atoms with van der Waals surface area (Å²) < 4.78 is 10.4. The Morgan fingerprint density at radius 2 is 1.53 bits per heavy atom. The minimum absolute atomic E-state index is 0.153. The summed E-state index contributed by atoms with van der Waals surface area (Å²) >= 11 is 0. The lowest BCUT2D eigenvalue weighted by molar-refractivity contribution is -0.130. The number of piperazine rings is 1. The van der Waals surface area contributed by atoms with E-state index in [-0.39, 0.29) is 5.91 Å². The van der Waals surface area contributed by atoms with Crippen LogP contribution in [0.2, 0.25) is 0 Å². The molecular formula is C23H26N4O3. The molecule has 1 aliphatic rings. The van der Waals surface area contributed by atoms with Crippen molar-refractivity contribution in [3.05, 3.63) is 60.2 Å². The molecular weight excluding hydrogens is 380 g/mol. The van der Waals surface area contributed by atoms with Crippen molar-refractivity contribution < 1.29 is 14.3 Å². The lowest BCUT2D eigenvalue weighted by Gasteiger charge is -2.34. The van der Waals surface area contributed by atoms with Gasteiger partial charge in [0, 0.05) is 32.2 Å². The topological polar surface area (TPSA) is 70.7 Å². The van der Waals surface area contributed by atoms with E-state index in [9.17, 15) is 4.79 Å². The molecule has 4 rings (SSSR count). The van der Waals surface area contributed by atoms with Crippen LogP contribution in [0.15, 0.2) is 54.6 Å². The Morgan fingerprint density at radius 1 is 0.933 bits per heavy atom. The molecule has 3 aromatic rings. The van der Waals surface area contributed by atoms with Crippen molar-refractivity contribution >= 4 is 11.7 Å². The average Bonchev–Trinajstić information content (AvgIpc) is 3.30. The molecule has 1 N–H and O–H groups in total. The lowest BCUT2D eigenvalue weighted by Crippen LogP contribution is -2.49. The van der Waals surface area contributed by atoms with E-state index < -0.39 is 0 Å². The molecule has 1 fully saturated rings. The molecule has 0 bridgehead atoms. The first-order valence-corrected chi connectivity index (χ1v) is 10.0. The monoisotopic (exact) mass is 406 g/mol. The van der Waals surface area contributed by atoms with Crippen LogP contribution < -0.4 is 14.4 Å². The molecule has 0 saturated carbocycles. The van der Waals surface area contributed by atoms with Gasteiger partial charge < -0.3 is 19.3 Å². The molecule has 156 valence electrons. The van der Waals surface area contributed by atoms with Crippen molar-refractivity contribution in [1.29, 1.82) is 0 Å². The molecule has 7 heteroatoms. The molecule has 2 aromatic carbocycles. The van der Waals surface area contributed by atoms with Crippen LogP contribution in [-0.2, 0) is 11.2 Å². The van der Waals surface area contributed by atoms with Crippen molar-refractivity contribution in [3.63, 3.8) is 0 Å². The van der Waals surface area contributed by atoms with Gasteiger partial charge >= 0.3 is 0 Å². The van der Waals surface area contributed by atoms with E-state index in [1.807, 2.05) is 53.4 Å². The summed E-state index contributed by atoms with van der Waals surface area (Å²) in [5, 5.41) is 7.58. The zero-order valence-corrected chi connectivity index (χ0v) is 17.3. The largest absolute Gasteiger partial charge is 0.497 e. The van der Waals surface area contributed by atoms with Crippen molar-refractivity contribution in [3.8, 4) is 22.8 Å². The van der Waals surface area contributed by atoms with Crippen LogP contribution >= 0.6 is 0 Å². The predicted molar refractivity (Wildman–Crippen MR) is 116 cm³/mol. The molecule has 0 unspecified atom stereocenters. The van der Waals surface area contributed by atoms with Crippen LogP contribution in [-0.4, -0.2) is 61.4 Å². The quantitative estimate of drug-likeness (QED) is 0.682. The van der Waals surface area contributed by atoms with E-state index in [0.29, 0.717) is 19.5 Å². The Balaban J connectivity index is 1.32. The molecule has 1 aliphatic heterocycles. The number of anilines is 1. The summed E-state index contributed by atoms with van der Waals surface area (Å²) in [6, 6.07) is 17.6. The van der Waals surface area contributed by atoms with E-state index in [4.69, 9.17) is 9.47 Å². The van der Waals surface area contributed by atoms with Crippen LogP contribution in [0.3, 0.4) is 0 Å². The summed E-state index contributed by atoms with van der Waals surface area (Å²) in [5.74, 6) is 2.69. The summed E-state index contributed by atoms with van der Waals surface area (Å²) in [6.07, 6.45) is 0.411. The SMILES string of the molecule is COc1ccc(CC(=O)N2CCN(c3cc(-c4ccc(OC)cc4)[nH]n3)CC2)cc1. The van der Waals surface area contributed by atoms with Crippen LogP contribution in [0.25, 0.3) is 11.3 Å². The number of H-pyrrole nitrogens is 1. The minimum atomic E-state index is 0.153. The number of hydrogen-bond donors (Lipinski definition) is 1. The van der Waals surface area contributed by atoms with Crippen LogP contribution in [0.4, 0.5) is 5.82 Å². The first-order chi connectivity index (χ1) is 14.7. The number of aromatic nitrogens is 2. The Bertz CT molecular complexity index is 974. The number of nitrogens with zero attached hydrogens (tertiary/aromatic N) is 3. The highest BCUT2D eigenvalue weighted by molar-refractivity contribution is 5.79. The van der Waals surface area contributed by atoms with E-state index in [1.54, 1.807) is 14.2 Å². The molecule has 7 nitrogen and oxygen atoms in total. The maximum atomic E-state index is 12.7. The highest BCUT2D eigenvalue weighted by atomic mass is 16.5. The Hall–Kier alpha value is -3.48. The first-order valence-electron chi connectivity index (χ1n) is 10.0. The van der Waals surface area contributed by atoms with Gasteiger partial charge in [-0.25, -0.2) is 0 Å². The van der Waals surface area contributed by atoms with E-state index in [2.05, 4.69) is 21.2 Å². The standard InChI is InChI=1S/C23H26N4O3/c1-29-19-7-3-17(4-8-19)15-23(28)27-13-11-26(12-14-27)22-16-21(24-25-22)18-5-9-20(30-2)10-6-18/h3-10,16H,11-15H2,1-2H3,(H,24,25). The fraction of sp³-hybridized carbons (Fsp3) is 0.304. The zero-order chi connectivity index (χ0) is 20.9. The fourth-order valence-electron chi connectivity index (χ4n) is 3.61. The van der Waals surface area contributed by atoms with Gasteiger partial charge in [-0.15, -0.1) is 0 Å². The number of carbonyl (C=O) groups is 1. The number of aromatic amines is 1. The second-order valence-corrected chi connectivity index (χ2v) is 7.26. The number of amides is 1. The number of benzene rings is 2. The van der Waals surface area contributed by atoms with Crippen LogP contribution in [0, 0.1) is 0 Å². The van der Waals surface area contributed by atoms with Crippen molar-refractivity contribution in [2.24, 2.45) is 0 Å². The van der Waals surface area contributed by atoms with Gasteiger partial charge in [-0.3, -0.25) is 9.89 Å². The van der Waals surface area contributed by atoms with Gasteiger partial charge in [-0.1, -0.05) is 12.1 Å². The Morgan fingerprint density at radius 3 is 2.13 bits per heavy atom. The van der Waals surface area contributed by atoms with E-state index >= 15 is 0 Å². The van der Waals surface area contributed by atoms with Gasteiger partial charge in [0.25, 0.3) is 0 Å². The molecule has 0 radical (unpaired) electrons. The molecule has 0 aliphatic carbocycles. The van der Waals surface area contributed by atoms with Crippen molar-refractivity contribution in [1.82, 2.24) is 15.1 Å². The summed E-state index contributed by atoms with van der Waals surface area (Å²) in [4.78, 5) is 16.8. The maximum absolute atomic E-state index is 12.7. The summed E-state index contributed by atoms with van der Waals surface area (Å²) in [7, 11) is 3.30. The fourth-order valence-corrected chi connectivity index (χ4v) is 3.61. The molecule has 0 atom stereocenters. The van der Waals surface area contributed by atoms with Gasteiger partial charge in [-0.2, -0.15) is 5.10 Å². The minimum Gasteiger partial charge on any atom is -0.497 e. The third-order valence-corrected chi connectivity index (χ3v) is 5.44. The molecule has 30 heavy (non-hydrogen) atoms. The van der Waals surface area contributed by atoms with E-state index in [0.717, 1.165) is 47.2 Å². The van der Waals surface area contributed by atoms with E-state index in [1.165, 1.54) is 0 Å². The summed E-state index contributed by atoms with van der Waals surface area (Å²) in [5.41, 5.74) is 3.02. The van der Waals surface area contributed by atoms with Crippen LogP contribution in [0.5, 0.6) is 11.5 Å². The van der Waals surface area contributed by atoms with Gasteiger partial charge in [0.1, 0.15) is 11.5 Å². The smallest absolute Gasteiger partial charge is 0.227 e. The van der Waals surface area contributed by atoms with Crippen molar-refractivity contribution in [2.45, 2.75) is 6.42 Å². The van der Waals surface area contributed by atoms with Gasteiger partial charge in [-0.05, 0) is 47.5 Å². The van der Waals surface area contributed by atoms with Gasteiger partial charge in [0.05, 0.1) is 26.3 Å². The molecule has 1 aromatic heterocycles. The third kappa shape index (κ3) is 4.40. The number of ether oxygens (including phenoxy) is 2. The van der Waals surface area contributed by atoms with Gasteiger partial charge in [0.15, 0.2) is 5.82 Å². The van der Waals surface area contributed by atoms with Gasteiger partial charge in [0.2, 0.25) is 5.91 Å². The third-order valence-electron chi connectivity index (χ3n) is 5.44. The van der Waals surface area contributed by atoms with Crippen LogP contribution in [0.1, 0.15) is 5.56 Å². The predicted octanol–water partition coefficient (Wildman–Crippen LogP) is 2.99. The average molecular weight is 406 g/mol. The molecule has 1 amide bonds. The lowest BCUT2D eigenvalue weighted by atomic mass is 10.1. The summed E-state index contributed by atoms with van der Waals surface area (Å²) in [6.45, 7) is 2.92. The Kier molecular flexibility index (Phi) is 5.88. The molecule has 2 heterocycles. The number of carbonyl (C=O) groups excluding carboxylic acids is 1.